The molecular weight excluding hydrogens is 232 g/mol. The van der Waals surface area contributed by atoms with Crippen molar-refractivity contribution in [2.75, 3.05) is 19.0 Å². The van der Waals surface area contributed by atoms with E-state index in [0.29, 0.717) is 30.8 Å². The minimum Gasteiger partial charge on any atom is -0.497 e. The summed E-state index contributed by atoms with van der Waals surface area (Å²) >= 11 is 0. The van der Waals surface area contributed by atoms with Crippen LogP contribution in [-0.4, -0.2) is 25.5 Å². The molecule has 0 saturated heterocycles. The van der Waals surface area contributed by atoms with E-state index in [2.05, 4.69) is 10.6 Å². The minimum atomic E-state index is -0.285. The van der Waals surface area contributed by atoms with Gasteiger partial charge in [-0.1, -0.05) is 6.07 Å². The van der Waals surface area contributed by atoms with Crippen molar-refractivity contribution in [3.8, 4) is 5.75 Å². The molecule has 0 radical (unpaired) electrons. The Morgan fingerprint density at radius 2 is 2.11 bits per heavy atom. The SMILES string of the molecule is COc1cccc(NC(=O)NCCCC(C)=O)c1. The number of anilines is 1. The Hall–Kier alpha value is -2.04. The lowest BCUT2D eigenvalue weighted by Crippen LogP contribution is -2.29. The highest BCUT2D eigenvalue weighted by atomic mass is 16.5. The Bertz CT molecular complexity index is 418. The van der Waals surface area contributed by atoms with Gasteiger partial charge >= 0.3 is 6.03 Å². The van der Waals surface area contributed by atoms with Crippen molar-refractivity contribution in [1.29, 1.82) is 0 Å². The van der Waals surface area contributed by atoms with Gasteiger partial charge in [0, 0.05) is 24.7 Å². The van der Waals surface area contributed by atoms with Gasteiger partial charge in [-0.3, -0.25) is 0 Å². The average molecular weight is 250 g/mol. The molecule has 5 heteroatoms. The molecule has 0 aromatic heterocycles. The van der Waals surface area contributed by atoms with Crippen LogP contribution in [0.25, 0.3) is 0 Å². The summed E-state index contributed by atoms with van der Waals surface area (Å²) in [6.45, 7) is 2.02. The highest BCUT2D eigenvalue weighted by Crippen LogP contribution is 2.16. The van der Waals surface area contributed by atoms with Crippen molar-refractivity contribution >= 4 is 17.5 Å². The van der Waals surface area contributed by atoms with E-state index in [1.807, 2.05) is 0 Å². The van der Waals surface area contributed by atoms with E-state index in [1.54, 1.807) is 31.4 Å². The number of amides is 2. The van der Waals surface area contributed by atoms with Crippen LogP contribution in [-0.2, 0) is 4.79 Å². The molecule has 5 nitrogen and oxygen atoms in total. The highest BCUT2D eigenvalue weighted by molar-refractivity contribution is 5.89. The number of methoxy groups -OCH3 is 1. The number of carbonyl (C=O) groups excluding carboxylic acids is 2. The first-order valence-corrected chi connectivity index (χ1v) is 5.80. The molecule has 0 saturated carbocycles. The van der Waals surface area contributed by atoms with Gasteiger partial charge in [-0.2, -0.15) is 0 Å². The molecule has 0 aliphatic rings. The van der Waals surface area contributed by atoms with Crippen LogP contribution in [0.1, 0.15) is 19.8 Å². The number of ketones is 1. The third-order valence-corrected chi connectivity index (χ3v) is 2.32. The molecule has 0 bridgehead atoms. The zero-order valence-corrected chi connectivity index (χ0v) is 10.7. The quantitative estimate of drug-likeness (QED) is 0.760. The standard InChI is InChI=1S/C13H18N2O3/c1-10(16)5-4-8-14-13(17)15-11-6-3-7-12(9-11)18-2/h3,6-7,9H,4-5,8H2,1-2H3,(H2,14,15,17). The fourth-order valence-corrected chi connectivity index (χ4v) is 1.42. The van der Waals surface area contributed by atoms with Gasteiger partial charge in [0.25, 0.3) is 0 Å². The number of nitrogens with one attached hydrogen (secondary N) is 2. The summed E-state index contributed by atoms with van der Waals surface area (Å²) in [5.41, 5.74) is 0.665. The summed E-state index contributed by atoms with van der Waals surface area (Å²) in [7, 11) is 1.57. The van der Waals surface area contributed by atoms with E-state index in [-0.39, 0.29) is 11.8 Å². The van der Waals surface area contributed by atoms with Gasteiger partial charge in [-0.25, -0.2) is 4.79 Å². The van der Waals surface area contributed by atoms with Gasteiger partial charge < -0.3 is 20.2 Å². The molecule has 18 heavy (non-hydrogen) atoms. The molecule has 2 N–H and O–H groups in total. The van der Waals surface area contributed by atoms with Crippen LogP contribution in [0.4, 0.5) is 10.5 Å². The summed E-state index contributed by atoms with van der Waals surface area (Å²) < 4.78 is 5.05. The van der Waals surface area contributed by atoms with Gasteiger partial charge in [0.1, 0.15) is 11.5 Å². The second-order valence-corrected chi connectivity index (χ2v) is 3.92. The topological polar surface area (TPSA) is 67.4 Å². The zero-order valence-electron chi connectivity index (χ0n) is 10.7. The molecule has 0 unspecified atom stereocenters. The number of carbonyl (C=O) groups is 2. The van der Waals surface area contributed by atoms with Crippen LogP contribution in [0.2, 0.25) is 0 Å². The van der Waals surface area contributed by atoms with E-state index in [9.17, 15) is 9.59 Å². The van der Waals surface area contributed by atoms with Crippen LogP contribution in [0, 0.1) is 0 Å². The Balaban J connectivity index is 2.33. The van der Waals surface area contributed by atoms with E-state index in [0.717, 1.165) is 0 Å². The van der Waals surface area contributed by atoms with Crippen LogP contribution in [0.3, 0.4) is 0 Å². The van der Waals surface area contributed by atoms with E-state index < -0.39 is 0 Å². The number of Topliss-reactive ketones (excluding diaryl/α,β-unsaturated/α-hetero) is 1. The summed E-state index contributed by atoms with van der Waals surface area (Å²) in [6, 6.07) is 6.82. The molecule has 0 spiro atoms. The van der Waals surface area contributed by atoms with Crippen molar-refractivity contribution < 1.29 is 14.3 Å². The summed E-state index contributed by atoms with van der Waals surface area (Å²) in [5, 5.41) is 5.37. The molecular formula is C13H18N2O3. The third-order valence-electron chi connectivity index (χ3n) is 2.32. The normalized spacial score (nSPS) is 9.67. The second-order valence-electron chi connectivity index (χ2n) is 3.92. The molecule has 98 valence electrons. The number of benzene rings is 1. The lowest BCUT2D eigenvalue weighted by Gasteiger charge is -2.08. The molecule has 2 amide bonds. The van der Waals surface area contributed by atoms with Gasteiger partial charge in [0.05, 0.1) is 7.11 Å². The van der Waals surface area contributed by atoms with Gasteiger partial charge in [0.2, 0.25) is 0 Å². The van der Waals surface area contributed by atoms with Crippen molar-refractivity contribution in [2.24, 2.45) is 0 Å². The number of hydrogen-bond acceptors (Lipinski definition) is 3. The van der Waals surface area contributed by atoms with Crippen molar-refractivity contribution in [2.45, 2.75) is 19.8 Å². The lowest BCUT2D eigenvalue weighted by atomic mass is 10.2. The predicted molar refractivity (Wildman–Crippen MR) is 69.9 cm³/mol. The maximum atomic E-state index is 11.5. The van der Waals surface area contributed by atoms with Gasteiger partial charge in [0.15, 0.2) is 0 Å². The molecule has 0 fully saturated rings. The smallest absolute Gasteiger partial charge is 0.319 e. The summed E-state index contributed by atoms with van der Waals surface area (Å²) in [5.74, 6) is 0.814. The van der Waals surface area contributed by atoms with E-state index in [4.69, 9.17) is 4.74 Å². The zero-order chi connectivity index (χ0) is 13.4. The monoisotopic (exact) mass is 250 g/mol. The Kier molecular flexibility index (Phi) is 5.70. The first kappa shape index (κ1) is 14.0. The first-order chi connectivity index (χ1) is 8.61. The number of rotatable bonds is 6. The van der Waals surface area contributed by atoms with Crippen LogP contribution in [0.15, 0.2) is 24.3 Å². The fraction of sp³-hybridized carbons (Fsp3) is 0.385. The number of ether oxygens (including phenoxy) is 1. The largest absolute Gasteiger partial charge is 0.497 e. The molecule has 0 aliphatic carbocycles. The molecule has 0 heterocycles. The second kappa shape index (κ2) is 7.32. The third kappa shape index (κ3) is 5.34. The van der Waals surface area contributed by atoms with Crippen LogP contribution < -0.4 is 15.4 Å². The number of hydrogen-bond donors (Lipinski definition) is 2. The van der Waals surface area contributed by atoms with Crippen molar-refractivity contribution in [1.82, 2.24) is 5.32 Å². The van der Waals surface area contributed by atoms with Crippen molar-refractivity contribution in [3.63, 3.8) is 0 Å². The molecule has 1 rings (SSSR count). The molecule has 0 atom stereocenters. The Morgan fingerprint density at radius 1 is 1.33 bits per heavy atom. The van der Waals surface area contributed by atoms with E-state index in [1.165, 1.54) is 6.92 Å². The summed E-state index contributed by atoms with van der Waals surface area (Å²) in [4.78, 5) is 22.2. The van der Waals surface area contributed by atoms with Crippen LogP contribution >= 0.6 is 0 Å². The molecule has 0 aliphatic heterocycles. The average Bonchev–Trinajstić information content (AvgIpc) is 2.34. The maximum Gasteiger partial charge on any atom is 0.319 e. The van der Waals surface area contributed by atoms with Crippen LogP contribution in [0.5, 0.6) is 5.75 Å². The first-order valence-electron chi connectivity index (χ1n) is 5.80. The maximum absolute atomic E-state index is 11.5. The molecule has 1 aromatic carbocycles. The van der Waals surface area contributed by atoms with Gasteiger partial charge in [-0.15, -0.1) is 0 Å². The van der Waals surface area contributed by atoms with E-state index >= 15 is 0 Å². The predicted octanol–water partition coefficient (Wildman–Crippen LogP) is 2.19. The summed E-state index contributed by atoms with van der Waals surface area (Å²) in [6.07, 6.45) is 1.14. The Labute approximate surface area is 107 Å². The Morgan fingerprint density at radius 3 is 2.78 bits per heavy atom. The van der Waals surface area contributed by atoms with Gasteiger partial charge in [-0.05, 0) is 25.5 Å². The lowest BCUT2D eigenvalue weighted by molar-refractivity contribution is -0.117. The van der Waals surface area contributed by atoms with Crippen molar-refractivity contribution in [3.05, 3.63) is 24.3 Å². The molecule has 1 aromatic rings. The fourth-order valence-electron chi connectivity index (χ4n) is 1.42. The highest BCUT2D eigenvalue weighted by Gasteiger charge is 2.02. The minimum absolute atomic E-state index is 0.130. The number of urea groups is 1.